The van der Waals surface area contributed by atoms with Gasteiger partial charge in [0.05, 0.1) is 0 Å². The highest BCUT2D eigenvalue weighted by Gasteiger charge is 2.30. The third-order valence-electron chi connectivity index (χ3n) is 4.28. The van der Waals surface area contributed by atoms with E-state index in [1.54, 1.807) is 42.5 Å². The minimum Gasteiger partial charge on any atom is -0.368 e. The van der Waals surface area contributed by atoms with Gasteiger partial charge in [-0.25, -0.2) is 0 Å². The number of carbonyl (C=O) groups is 2. The normalized spacial score (nSPS) is 11.6. The predicted octanol–water partition coefficient (Wildman–Crippen LogP) is 4.21. The maximum absolute atomic E-state index is 13.3. The molecule has 0 fully saturated rings. The number of amides is 2. The maximum Gasteiger partial charge on any atom is 0.255 e. The van der Waals surface area contributed by atoms with E-state index in [-0.39, 0.29) is 12.5 Å². The van der Waals surface area contributed by atoms with E-state index >= 15 is 0 Å². The number of carbonyl (C=O) groups excluding carboxylic acids is 2. The summed E-state index contributed by atoms with van der Waals surface area (Å²) in [5.74, 6) is -0.888. The van der Waals surface area contributed by atoms with Crippen molar-refractivity contribution in [2.75, 3.05) is 0 Å². The van der Waals surface area contributed by atoms with E-state index in [4.69, 9.17) is 17.3 Å². The molecule has 2 N–H and O–H groups in total. The summed E-state index contributed by atoms with van der Waals surface area (Å²) in [4.78, 5) is 27.1. The molecule has 0 aliphatic heterocycles. The summed E-state index contributed by atoms with van der Waals surface area (Å²) in [6.45, 7) is 0.163. The molecule has 2 amide bonds. The predicted molar refractivity (Wildman–Crippen MR) is 106 cm³/mol. The average molecular weight is 379 g/mol. The minimum atomic E-state index is -0.907. The zero-order valence-electron chi connectivity index (χ0n) is 14.6. The Morgan fingerprint density at radius 3 is 2.00 bits per heavy atom. The monoisotopic (exact) mass is 378 g/mol. The topological polar surface area (TPSA) is 63.4 Å². The second-order valence-electron chi connectivity index (χ2n) is 6.11. The molecule has 0 spiro atoms. The van der Waals surface area contributed by atoms with Crippen LogP contribution >= 0.6 is 11.6 Å². The molecule has 136 valence electrons. The van der Waals surface area contributed by atoms with Crippen LogP contribution in [0.5, 0.6) is 0 Å². The molecule has 3 aromatic rings. The van der Waals surface area contributed by atoms with Crippen LogP contribution in [0.25, 0.3) is 0 Å². The van der Waals surface area contributed by atoms with Crippen LogP contribution in [0, 0.1) is 0 Å². The van der Waals surface area contributed by atoms with Crippen LogP contribution in [0.1, 0.15) is 27.5 Å². The van der Waals surface area contributed by atoms with Crippen molar-refractivity contribution in [3.8, 4) is 0 Å². The number of nitrogens with zero attached hydrogens (tertiary/aromatic N) is 1. The molecule has 0 unspecified atom stereocenters. The number of rotatable bonds is 6. The summed E-state index contributed by atoms with van der Waals surface area (Å²) >= 11 is 6.30. The van der Waals surface area contributed by atoms with E-state index in [0.29, 0.717) is 16.1 Å². The molecule has 0 aliphatic rings. The highest BCUT2D eigenvalue weighted by atomic mass is 35.5. The third-order valence-corrected chi connectivity index (χ3v) is 4.65. The van der Waals surface area contributed by atoms with Crippen molar-refractivity contribution >= 4 is 23.4 Å². The van der Waals surface area contributed by atoms with Crippen molar-refractivity contribution in [1.29, 1.82) is 0 Å². The molecule has 5 heteroatoms. The Morgan fingerprint density at radius 1 is 0.852 bits per heavy atom. The fraction of sp³-hybridized carbons (Fsp3) is 0.0909. The van der Waals surface area contributed by atoms with Crippen LogP contribution in [0.15, 0.2) is 84.9 Å². The van der Waals surface area contributed by atoms with E-state index in [1.807, 2.05) is 42.5 Å². The summed E-state index contributed by atoms with van der Waals surface area (Å²) in [6, 6.07) is 24.2. The molecular weight excluding hydrogens is 360 g/mol. The van der Waals surface area contributed by atoms with Gasteiger partial charge in [-0.05, 0) is 29.3 Å². The SMILES string of the molecule is NC(=O)[C@@H](c1ccccc1)N(Cc1ccccc1Cl)C(=O)c1ccccc1. The van der Waals surface area contributed by atoms with Crippen molar-refractivity contribution < 1.29 is 9.59 Å². The molecule has 0 aromatic heterocycles. The Kier molecular flexibility index (Phi) is 5.89. The number of benzene rings is 3. The van der Waals surface area contributed by atoms with Crippen LogP contribution in [-0.2, 0) is 11.3 Å². The van der Waals surface area contributed by atoms with Crippen LogP contribution in [0.3, 0.4) is 0 Å². The Morgan fingerprint density at radius 2 is 1.41 bits per heavy atom. The number of hydrogen-bond donors (Lipinski definition) is 1. The second-order valence-corrected chi connectivity index (χ2v) is 6.51. The smallest absolute Gasteiger partial charge is 0.255 e. The highest BCUT2D eigenvalue weighted by molar-refractivity contribution is 6.31. The van der Waals surface area contributed by atoms with Gasteiger partial charge in [0.1, 0.15) is 6.04 Å². The van der Waals surface area contributed by atoms with Crippen molar-refractivity contribution in [3.63, 3.8) is 0 Å². The van der Waals surface area contributed by atoms with Crippen molar-refractivity contribution in [3.05, 3.63) is 107 Å². The Bertz CT molecular complexity index is 929. The molecule has 0 saturated carbocycles. The highest BCUT2D eigenvalue weighted by Crippen LogP contribution is 2.27. The minimum absolute atomic E-state index is 0.163. The first kappa shape index (κ1) is 18.7. The standard InChI is InChI=1S/C22H19ClN2O2/c23-19-14-8-7-13-18(19)15-25(22(27)17-11-5-2-6-12-17)20(21(24)26)16-9-3-1-4-10-16/h1-14,20H,15H2,(H2,24,26)/t20-/m1/s1. The molecule has 0 bridgehead atoms. The zero-order chi connectivity index (χ0) is 19.2. The molecule has 3 aromatic carbocycles. The summed E-state index contributed by atoms with van der Waals surface area (Å²) in [7, 11) is 0. The Hall–Kier alpha value is -3.11. The lowest BCUT2D eigenvalue weighted by molar-refractivity contribution is -0.122. The Balaban J connectivity index is 2.06. The molecule has 27 heavy (non-hydrogen) atoms. The first-order valence-corrected chi connectivity index (χ1v) is 8.89. The molecular formula is C22H19ClN2O2. The van der Waals surface area contributed by atoms with Gasteiger partial charge in [-0.1, -0.05) is 78.3 Å². The third kappa shape index (κ3) is 4.36. The van der Waals surface area contributed by atoms with Crippen LogP contribution < -0.4 is 5.73 Å². The molecule has 0 aliphatic carbocycles. The van der Waals surface area contributed by atoms with Gasteiger partial charge >= 0.3 is 0 Å². The Labute approximate surface area is 163 Å². The summed E-state index contributed by atoms with van der Waals surface area (Å²) in [5.41, 5.74) is 7.59. The lowest BCUT2D eigenvalue weighted by Crippen LogP contribution is -2.41. The first-order chi connectivity index (χ1) is 13.1. The molecule has 3 rings (SSSR count). The first-order valence-electron chi connectivity index (χ1n) is 8.51. The molecule has 0 radical (unpaired) electrons. The average Bonchev–Trinajstić information content (AvgIpc) is 2.69. The van der Waals surface area contributed by atoms with Gasteiger partial charge < -0.3 is 10.6 Å². The van der Waals surface area contributed by atoms with Gasteiger partial charge in [0, 0.05) is 17.1 Å². The van der Waals surface area contributed by atoms with E-state index in [9.17, 15) is 9.59 Å². The van der Waals surface area contributed by atoms with E-state index in [1.165, 1.54) is 4.90 Å². The van der Waals surface area contributed by atoms with E-state index < -0.39 is 11.9 Å². The lowest BCUT2D eigenvalue weighted by Gasteiger charge is -2.30. The maximum atomic E-state index is 13.3. The largest absolute Gasteiger partial charge is 0.368 e. The summed E-state index contributed by atoms with van der Waals surface area (Å²) < 4.78 is 0. The van der Waals surface area contributed by atoms with Crippen molar-refractivity contribution in [2.24, 2.45) is 5.73 Å². The van der Waals surface area contributed by atoms with Gasteiger partial charge in [-0.15, -0.1) is 0 Å². The number of primary amides is 1. The lowest BCUT2D eigenvalue weighted by atomic mass is 10.0. The number of hydrogen-bond acceptors (Lipinski definition) is 2. The number of halogens is 1. The van der Waals surface area contributed by atoms with Gasteiger partial charge in [0.15, 0.2) is 0 Å². The summed E-state index contributed by atoms with van der Waals surface area (Å²) in [6.07, 6.45) is 0. The van der Waals surface area contributed by atoms with Crippen molar-refractivity contribution in [1.82, 2.24) is 4.90 Å². The van der Waals surface area contributed by atoms with E-state index in [0.717, 1.165) is 5.56 Å². The van der Waals surface area contributed by atoms with Crippen LogP contribution in [0.2, 0.25) is 5.02 Å². The van der Waals surface area contributed by atoms with Crippen molar-refractivity contribution in [2.45, 2.75) is 12.6 Å². The zero-order valence-corrected chi connectivity index (χ0v) is 15.3. The van der Waals surface area contributed by atoms with E-state index in [2.05, 4.69) is 0 Å². The number of nitrogens with two attached hydrogens (primary N) is 1. The van der Waals surface area contributed by atoms with Gasteiger partial charge in [-0.2, -0.15) is 0 Å². The fourth-order valence-corrected chi connectivity index (χ4v) is 3.17. The van der Waals surface area contributed by atoms with Gasteiger partial charge in [0.2, 0.25) is 5.91 Å². The molecule has 0 heterocycles. The second kappa shape index (κ2) is 8.52. The summed E-state index contributed by atoms with van der Waals surface area (Å²) in [5, 5.41) is 0.527. The van der Waals surface area contributed by atoms with Crippen LogP contribution in [0.4, 0.5) is 0 Å². The quantitative estimate of drug-likeness (QED) is 0.698. The van der Waals surface area contributed by atoms with Crippen LogP contribution in [-0.4, -0.2) is 16.7 Å². The molecule has 0 saturated heterocycles. The fourth-order valence-electron chi connectivity index (χ4n) is 2.97. The van der Waals surface area contributed by atoms with Gasteiger partial charge in [-0.3, -0.25) is 9.59 Å². The molecule has 4 nitrogen and oxygen atoms in total. The molecule has 1 atom stereocenters. The van der Waals surface area contributed by atoms with Gasteiger partial charge in [0.25, 0.3) is 5.91 Å².